The van der Waals surface area contributed by atoms with Gasteiger partial charge in [-0.3, -0.25) is 4.79 Å². The third-order valence-corrected chi connectivity index (χ3v) is 5.60. The largest absolute Gasteiger partial charge is 0.392 e. The minimum Gasteiger partial charge on any atom is -0.392 e. The van der Waals surface area contributed by atoms with E-state index >= 15 is 0 Å². The van der Waals surface area contributed by atoms with Crippen LogP contribution in [0.2, 0.25) is 0 Å². The molecule has 2 N–H and O–H groups in total. The maximum atomic E-state index is 12.7. The minimum atomic E-state index is -0.312. The predicted octanol–water partition coefficient (Wildman–Crippen LogP) is 1.03. The van der Waals surface area contributed by atoms with Crippen molar-refractivity contribution in [3.8, 4) is 0 Å². The van der Waals surface area contributed by atoms with Crippen molar-refractivity contribution >= 4 is 5.91 Å². The number of likely N-dealkylation sites (tertiary alicyclic amines) is 2. The van der Waals surface area contributed by atoms with Crippen molar-refractivity contribution in [3.63, 3.8) is 0 Å². The summed E-state index contributed by atoms with van der Waals surface area (Å²) in [6.45, 7) is 3.25. The number of piperidine rings is 2. The van der Waals surface area contributed by atoms with Crippen LogP contribution < -0.4 is 0 Å². The maximum Gasteiger partial charge on any atom is 0.227 e. The minimum absolute atomic E-state index is 0.0221. The van der Waals surface area contributed by atoms with E-state index in [1.54, 1.807) is 0 Å². The van der Waals surface area contributed by atoms with E-state index in [-0.39, 0.29) is 24.0 Å². The molecule has 1 aromatic carbocycles. The van der Waals surface area contributed by atoms with E-state index in [1.807, 2.05) is 29.2 Å². The summed E-state index contributed by atoms with van der Waals surface area (Å²) in [5, 5.41) is 19.7. The monoisotopic (exact) mass is 332 g/mol. The molecule has 5 heteroatoms. The molecule has 2 aliphatic rings. The van der Waals surface area contributed by atoms with Crippen LogP contribution in [0.4, 0.5) is 0 Å². The van der Waals surface area contributed by atoms with Crippen molar-refractivity contribution in [2.75, 3.05) is 33.2 Å². The number of amides is 1. The van der Waals surface area contributed by atoms with Gasteiger partial charge in [-0.1, -0.05) is 24.3 Å². The van der Waals surface area contributed by atoms with Gasteiger partial charge >= 0.3 is 0 Å². The maximum absolute atomic E-state index is 12.7. The zero-order valence-electron chi connectivity index (χ0n) is 14.4. The molecule has 5 nitrogen and oxygen atoms in total. The highest BCUT2D eigenvalue weighted by atomic mass is 16.3. The average molecular weight is 332 g/mol. The molecule has 1 aromatic rings. The lowest BCUT2D eigenvalue weighted by molar-refractivity contribution is -0.140. The molecule has 3 rings (SSSR count). The van der Waals surface area contributed by atoms with E-state index in [4.69, 9.17) is 5.11 Å². The Labute approximate surface area is 143 Å². The normalized spacial score (nSPS) is 28.3. The second kappa shape index (κ2) is 7.21. The van der Waals surface area contributed by atoms with Crippen LogP contribution in [0, 0.1) is 5.41 Å². The van der Waals surface area contributed by atoms with Gasteiger partial charge in [0.2, 0.25) is 5.91 Å². The zero-order valence-corrected chi connectivity index (χ0v) is 14.4. The van der Waals surface area contributed by atoms with Gasteiger partial charge < -0.3 is 20.0 Å². The van der Waals surface area contributed by atoms with Crippen molar-refractivity contribution in [2.24, 2.45) is 5.41 Å². The molecule has 0 aliphatic carbocycles. The summed E-state index contributed by atoms with van der Waals surface area (Å²) in [6, 6.07) is 7.54. The Bertz CT molecular complexity index is 574. The van der Waals surface area contributed by atoms with Crippen LogP contribution in [-0.4, -0.2) is 65.3 Å². The lowest BCUT2D eigenvalue weighted by Crippen LogP contribution is -2.59. The molecule has 132 valence electrons. The number of hydrogen-bond acceptors (Lipinski definition) is 4. The summed E-state index contributed by atoms with van der Waals surface area (Å²) in [5.41, 5.74) is 1.66. The highest BCUT2D eigenvalue weighted by Gasteiger charge is 2.45. The molecule has 0 radical (unpaired) electrons. The number of aliphatic hydroxyl groups is 2. The number of carbonyl (C=O) groups is 1. The highest BCUT2D eigenvalue weighted by molar-refractivity contribution is 5.79. The number of aliphatic hydroxyl groups excluding tert-OH is 2. The van der Waals surface area contributed by atoms with Gasteiger partial charge in [0.25, 0.3) is 0 Å². The first kappa shape index (κ1) is 17.4. The van der Waals surface area contributed by atoms with Crippen LogP contribution in [0.1, 0.15) is 30.4 Å². The molecule has 0 bridgehead atoms. The molecule has 2 aliphatic heterocycles. The molecule has 0 saturated carbocycles. The number of benzene rings is 1. The topological polar surface area (TPSA) is 64.0 Å². The van der Waals surface area contributed by atoms with E-state index < -0.39 is 0 Å². The predicted molar refractivity (Wildman–Crippen MR) is 92.4 cm³/mol. The third kappa shape index (κ3) is 3.63. The SMILES string of the molecule is CN1CC[C@H](O)[C@@]2(CCCN(C(=O)Cc3ccc(CO)cc3)C2)C1. The Morgan fingerprint density at radius 3 is 2.62 bits per heavy atom. The molecular formula is C19H28N2O3. The molecule has 1 spiro atoms. The highest BCUT2D eigenvalue weighted by Crippen LogP contribution is 2.38. The van der Waals surface area contributed by atoms with E-state index in [9.17, 15) is 9.90 Å². The third-order valence-electron chi connectivity index (χ3n) is 5.60. The van der Waals surface area contributed by atoms with Gasteiger partial charge in [0.15, 0.2) is 0 Å². The lowest BCUT2D eigenvalue weighted by atomic mass is 9.71. The summed E-state index contributed by atoms with van der Waals surface area (Å²) in [5.74, 6) is 0.131. The Morgan fingerprint density at radius 1 is 1.21 bits per heavy atom. The number of nitrogens with zero attached hydrogens (tertiary/aromatic N) is 2. The first-order chi connectivity index (χ1) is 11.5. The summed E-state index contributed by atoms with van der Waals surface area (Å²) >= 11 is 0. The van der Waals surface area contributed by atoms with E-state index in [2.05, 4.69) is 11.9 Å². The van der Waals surface area contributed by atoms with Crippen LogP contribution in [0.3, 0.4) is 0 Å². The van der Waals surface area contributed by atoms with Crippen LogP contribution in [-0.2, 0) is 17.8 Å². The second-order valence-electron chi connectivity index (χ2n) is 7.47. The van der Waals surface area contributed by atoms with Crippen molar-refractivity contribution in [1.82, 2.24) is 9.80 Å². The Balaban J connectivity index is 1.66. The van der Waals surface area contributed by atoms with Gasteiger partial charge in [-0.2, -0.15) is 0 Å². The summed E-state index contributed by atoms with van der Waals surface area (Å²) in [7, 11) is 2.09. The van der Waals surface area contributed by atoms with Crippen molar-refractivity contribution in [1.29, 1.82) is 0 Å². The van der Waals surface area contributed by atoms with Crippen molar-refractivity contribution in [3.05, 3.63) is 35.4 Å². The van der Waals surface area contributed by atoms with Crippen LogP contribution in [0.15, 0.2) is 24.3 Å². The smallest absolute Gasteiger partial charge is 0.227 e. The molecule has 0 unspecified atom stereocenters. The van der Waals surface area contributed by atoms with Gasteiger partial charge in [-0.15, -0.1) is 0 Å². The molecule has 2 heterocycles. The van der Waals surface area contributed by atoms with Crippen molar-refractivity contribution < 1.29 is 15.0 Å². The molecular weight excluding hydrogens is 304 g/mol. The summed E-state index contributed by atoms with van der Waals surface area (Å²) < 4.78 is 0. The summed E-state index contributed by atoms with van der Waals surface area (Å²) in [6.07, 6.45) is 2.82. The molecule has 2 atom stereocenters. The molecule has 2 fully saturated rings. The van der Waals surface area contributed by atoms with Crippen LogP contribution >= 0.6 is 0 Å². The molecule has 0 aromatic heterocycles. The van der Waals surface area contributed by atoms with Gasteiger partial charge in [-0.05, 0) is 37.4 Å². The van der Waals surface area contributed by atoms with Gasteiger partial charge in [-0.25, -0.2) is 0 Å². The second-order valence-corrected chi connectivity index (χ2v) is 7.47. The van der Waals surface area contributed by atoms with E-state index in [0.29, 0.717) is 13.0 Å². The van der Waals surface area contributed by atoms with Gasteiger partial charge in [0, 0.05) is 31.6 Å². The molecule has 24 heavy (non-hydrogen) atoms. The molecule has 2 saturated heterocycles. The number of hydrogen-bond donors (Lipinski definition) is 2. The zero-order chi connectivity index (χ0) is 17.2. The van der Waals surface area contributed by atoms with E-state index in [0.717, 1.165) is 50.0 Å². The first-order valence-electron chi connectivity index (χ1n) is 8.85. The van der Waals surface area contributed by atoms with E-state index in [1.165, 1.54) is 0 Å². The fourth-order valence-electron chi connectivity index (χ4n) is 4.19. The Kier molecular flexibility index (Phi) is 5.23. The lowest BCUT2D eigenvalue weighted by Gasteiger charge is -2.50. The first-order valence-corrected chi connectivity index (χ1v) is 8.85. The van der Waals surface area contributed by atoms with Crippen LogP contribution in [0.5, 0.6) is 0 Å². The average Bonchev–Trinajstić information content (AvgIpc) is 2.59. The fourth-order valence-corrected chi connectivity index (χ4v) is 4.19. The molecule has 1 amide bonds. The van der Waals surface area contributed by atoms with Gasteiger partial charge in [0.1, 0.15) is 0 Å². The number of rotatable bonds is 3. The van der Waals surface area contributed by atoms with Crippen LogP contribution in [0.25, 0.3) is 0 Å². The standard InChI is InChI=1S/C19H28N2O3/c1-20-10-7-17(23)19(13-20)8-2-9-21(14-19)18(24)11-15-3-5-16(12-22)6-4-15/h3-6,17,22-23H,2,7-14H2,1H3/t17-,19-/m0/s1. The van der Waals surface area contributed by atoms with Crippen molar-refractivity contribution in [2.45, 2.75) is 38.4 Å². The Morgan fingerprint density at radius 2 is 1.92 bits per heavy atom. The van der Waals surface area contributed by atoms with Gasteiger partial charge in [0.05, 0.1) is 19.1 Å². The Hall–Kier alpha value is -1.43. The summed E-state index contributed by atoms with van der Waals surface area (Å²) in [4.78, 5) is 16.9. The number of carbonyl (C=O) groups excluding carboxylic acids is 1. The quantitative estimate of drug-likeness (QED) is 0.868. The fraction of sp³-hybridized carbons (Fsp3) is 0.632.